The molecule has 2 unspecified atom stereocenters. The maximum Gasteiger partial charge on any atom is 0.273 e. The molecule has 0 aliphatic carbocycles. The molecule has 0 saturated carbocycles. The standard InChI is InChI=1S/C12H15N3O4/c1-7-5-13-6-9(7)12(17)14-10-3-2-8(15(18)19)4-11(10)16/h2-4,7,9,13,16H,5-6H2,1H3,(H,14,17). The normalized spacial score (nSPS) is 22.2. The zero-order chi connectivity index (χ0) is 14.0. The number of hydrogen-bond donors (Lipinski definition) is 3. The monoisotopic (exact) mass is 265 g/mol. The highest BCUT2D eigenvalue weighted by Crippen LogP contribution is 2.29. The van der Waals surface area contributed by atoms with Gasteiger partial charge in [-0.15, -0.1) is 0 Å². The van der Waals surface area contributed by atoms with Gasteiger partial charge in [0.05, 0.1) is 22.6 Å². The zero-order valence-corrected chi connectivity index (χ0v) is 10.4. The van der Waals surface area contributed by atoms with E-state index >= 15 is 0 Å². The van der Waals surface area contributed by atoms with Crippen LogP contribution in [0.5, 0.6) is 5.75 Å². The van der Waals surface area contributed by atoms with Crippen LogP contribution in [0.15, 0.2) is 18.2 Å². The summed E-state index contributed by atoms with van der Waals surface area (Å²) in [5.41, 5.74) is -0.0268. The predicted molar refractivity (Wildman–Crippen MR) is 68.9 cm³/mol. The van der Waals surface area contributed by atoms with Crippen molar-refractivity contribution in [2.75, 3.05) is 18.4 Å². The van der Waals surface area contributed by atoms with Gasteiger partial charge in [0, 0.05) is 12.6 Å². The van der Waals surface area contributed by atoms with Crippen LogP contribution in [0.3, 0.4) is 0 Å². The van der Waals surface area contributed by atoms with Gasteiger partial charge in [0.25, 0.3) is 5.69 Å². The molecule has 1 aromatic carbocycles. The van der Waals surface area contributed by atoms with Crippen LogP contribution in [0, 0.1) is 22.0 Å². The summed E-state index contributed by atoms with van der Waals surface area (Å²) in [5.74, 6) is -0.433. The molecule has 1 saturated heterocycles. The summed E-state index contributed by atoms with van der Waals surface area (Å²) in [4.78, 5) is 21.9. The van der Waals surface area contributed by atoms with E-state index in [0.29, 0.717) is 6.54 Å². The summed E-state index contributed by atoms with van der Waals surface area (Å²) in [6, 6.07) is 3.59. The first-order valence-electron chi connectivity index (χ1n) is 5.98. The fraction of sp³-hybridized carbons (Fsp3) is 0.417. The fourth-order valence-corrected chi connectivity index (χ4v) is 2.13. The topological polar surface area (TPSA) is 104 Å². The third-order valence-electron chi connectivity index (χ3n) is 3.30. The van der Waals surface area contributed by atoms with E-state index in [1.807, 2.05) is 6.92 Å². The van der Waals surface area contributed by atoms with Crippen LogP contribution in [0.1, 0.15) is 6.92 Å². The predicted octanol–water partition coefficient (Wildman–Crippen LogP) is 1.09. The number of hydrogen-bond acceptors (Lipinski definition) is 5. The van der Waals surface area contributed by atoms with Crippen molar-refractivity contribution in [3.63, 3.8) is 0 Å². The van der Waals surface area contributed by atoms with Crippen molar-refractivity contribution in [3.05, 3.63) is 28.3 Å². The van der Waals surface area contributed by atoms with Crippen molar-refractivity contribution in [2.45, 2.75) is 6.92 Å². The molecule has 2 rings (SSSR count). The molecular formula is C12H15N3O4. The van der Waals surface area contributed by atoms with Crippen LogP contribution in [0.2, 0.25) is 0 Å². The number of rotatable bonds is 3. The minimum atomic E-state index is -0.603. The van der Waals surface area contributed by atoms with Crippen LogP contribution >= 0.6 is 0 Å². The van der Waals surface area contributed by atoms with E-state index in [0.717, 1.165) is 12.6 Å². The lowest BCUT2D eigenvalue weighted by molar-refractivity contribution is -0.384. The molecule has 1 heterocycles. The number of amides is 1. The van der Waals surface area contributed by atoms with Crippen molar-refractivity contribution in [2.24, 2.45) is 11.8 Å². The van der Waals surface area contributed by atoms with Gasteiger partial charge in [0.2, 0.25) is 5.91 Å². The number of nitrogens with zero attached hydrogens (tertiary/aromatic N) is 1. The molecule has 3 N–H and O–H groups in total. The molecule has 0 radical (unpaired) electrons. The number of non-ortho nitro benzene ring substituents is 1. The highest BCUT2D eigenvalue weighted by Gasteiger charge is 2.30. The molecule has 0 aromatic heterocycles. The summed E-state index contributed by atoms with van der Waals surface area (Å²) in [5, 5.41) is 25.9. The molecular weight excluding hydrogens is 250 g/mol. The molecule has 1 amide bonds. The van der Waals surface area contributed by atoms with Crippen molar-refractivity contribution >= 4 is 17.3 Å². The fourth-order valence-electron chi connectivity index (χ4n) is 2.13. The number of anilines is 1. The molecule has 1 aliphatic rings. The Labute approximate surface area is 109 Å². The Hall–Kier alpha value is -2.15. The van der Waals surface area contributed by atoms with Gasteiger partial charge >= 0.3 is 0 Å². The van der Waals surface area contributed by atoms with Gasteiger partial charge in [-0.25, -0.2) is 0 Å². The summed E-state index contributed by atoms with van der Waals surface area (Å²) < 4.78 is 0. The Bertz CT molecular complexity index is 518. The van der Waals surface area contributed by atoms with E-state index in [2.05, 4.69) is 10.6 Å². The average molecular weight is 265 g/mol. The lowest BCUT2D eigenvalue weighted by Crippen LogP contribution is -2.27. The van der Waals surface area contributed by atoms with Gasteiger partial charge in [0.15, 0.2) is 0 Å². The number of phenols is 1. The summed E-state index contributed by atoms with van der Waals surface area (Å²) in [7, 11) is 0. The van der Waals surface area contributed by atoms with Gasteiger partial charge < -0.3 is 15.7 Å². The first-order chi connectivity index (χ1) is 8.99. The van der Waals surface area contributed by atoms with Crippen molar-refractivity contribution in [1.29, 1.82) is 0 Å². The van der Waals surface area contributed by atoms with E-state index < -0.39 is 4.92 Å². The second kappa shape index (κ2) is 5.23. The van der Waals surface area contributed by atoms with Crippen LogP contribution in [-0.4, -0.2) is 29.0 Å². The van der Waals surface area contributed by atoms with E-state index in [4.69, 9.17) is 0 Å². The van der Waals surface area contributed by atoms with Gasteiger partial charge in [-0.3, -0.25) is 14.9 Å². The second-order valence-electron chi connectivity index (χ2n) is 4.69. The molecule has 7 heteroatoms. The quantitative estimate of drug-likeness (QED) is 0.431. The van der Waals surface area contributed by atoms with Crippen LogP contribution in [0.4, 0.5) is 11.4 Å². The number of nitrogens with one attached hydrogen (secondary N) is 2. The summed E-state index contributed by atoms with van der Waals surface area (Å²) in [6.07, 6.45) is 0. The Balaban J connectivity index is 2.11. The third-order valence-corrected chi connectivity index (χ3v) is 3.30. The van der Waals surface area contributed by atoms with E-state index in [1.165, 1.54) is 12.1 Å². The van der Waals surface area contributed by atoms with Crippen LogP contribution in [0.25, 0.3) is 0 Å². The molecule has 7 nitrogen and oxygen atoms in total. The highest BCUT2D eigenvalue weighted by molar-refractivity contribution is 5.94. The lowest BCUT2D eigenvalue weighted by atomic mass is 9.97. The molecule has 1 aromatic rings. The Morgan fingerprint density at radius 3 is 2.79 bits per heavy atom. The van der Waals surface area contributed by atoms with Gasteiger partial charge in [0.1, 0.15) is 5.75 Å². The number of aromatic hydroxyl groups is 1. The number of carbonyl (C=O) groups excluding carboxylic acids is 1. The second-order valence-corrected chi connectivity index (χ2v) is 4.69. The van der Waals surface area contributed by atoms with E-state index in [9.17, 15) is 20.0 Å². The van der Waals surface area contributed by atoms with E-state index in [1.54, 1.807) is 0 Å². The maximum absolute atomic E-state index is 12.0. The van der Waals surface area contributed by atoms with Crippen LogP contribution < -0.4 is 10.6 Å². The largest absolute Gasteiger partial charge is 0.506 e. The molecule has 0 spiro atoms. The van der Waals surface area contributed by atoms with Crippen molar-refractivity contribution in [3.8, 4) is 5.75 Å². The number of carbonyl (C=O) groups is 1. The van der Waals surface area contributed by atoms with Crippen molar-refractivity contribution < 1.29 is 14.8 Å². The first kappa shape index (κ1) is 13.3. The zero-order valence-electron chi connectivity index (χ0n) is 10.4. The van der Waals surface area contributed by atoms with Gasteiger partial charge in [-0.1, -0.05) is 6.92 Å². The minimum Gasteiger partial charge on any atom is -0.506 e. The molecule has 2 atom stereocenters. The number of benzene rings is 1. The Kier molecular flexibility index (Phi) is 3.66. The van der Waals surface area contributed by atoms with E-state index in [-0.39, 0.29) is 34.9 Å². The number of nitro benzene ring substituents is 1. The van der Waals surface area contributed by atoms with Gasteiger partial charge in [-0.2, -0.15) is 0 Å². The van der Waals surface area contributed by atoms with Crippen molar-refractivity contribution in [1.82, 2.24) is 5.32 Å². The molecule has 1 fully saturated rings. The Morgan fingerprint density at radius 1 is 1.53 bits per heavy atom. The third kappa shape index (κ3) is 2.82. The molecule has 1 aliphatic heterocycles. The molecule has 0 bridgehead atoms. The first-order valence-corrected chi connectivity index (χ1v) is 5.98. The minimum absolute atomic E-state index is 0.158. The van der Waals surface area contributed by atoms with Crippen LogP contribution in [-0.2, 0) is 4.79 Å². The SMILES string of the molecule is CC1CNCC1C(=O)Nc1ccc([N+](=O)[O-])cc1O. The lowest BCUT2D eigenvalue weighted by Gasteiger charge is -2.14. The molecule has 102 valence electrons. The average Bonchev–Trinajstić information content (AvgIpc) is 2.77. The Morgan fingerprint density at radius 2 is 2.26 bits per heavy atom. The maximum atomic E-state index is 12.0. The molecule has 19 heavy (non-hydrogen) atoms. The smallest absolute Gasteiger partial charge is 0.273 e. The highest BCUT2D eigenvalue weighted by atomic mass is 16.6. The van der Waals surface area contributed by atoms with Gasteiger partial charge in [-0.05, 0) is 18.5 Å². The number of phenolic OH excluding ortho intramolecular Hbond substituents is 1. The number of nitro groups is 1. The summed E-state index contributed by atoms with van der Waals surface area (Å²) >= 11 is 0. The summed E-state index contributed by atoms with van der Waals surface area (Å²) in [6.45, 7) is 3.35.